The van der Waals surface area contributed by atoms with Gasteiger partial charge in [0.15, 0.2) is 0 Å². The Labute approximate surface area is 158 Å². The van der Waals surface area contributed by atoms with Crippen LogP contribution in [0, 0.1) is 0 Å². The third kappa shape index (κ3) is 3.36. The topological polar surface area (TPSA) is 84.1 Å². The molecule has 0 unspecified atom stereocenters. The number of hydrogen-bond acceptors (Lipinski definition) is 4. The second-order valence-electron chi connectivity index (χ2n) is 7.69. The first-order valence-electron chi connectivity index (χ1n) is 9.61. The number of benzene rings is 1. The number of aromatic nitrogens is 2. The molecule has 142 valence electrons. The Balaban J connectivity index is 1.44. The lowest BCUT2D eigenvalue weighted by Crippen LogP contribution is -2.51. The van der Waals surface area contributed by atoms with Crippen LogP contribution in [0.1, 0.15) is 55.7 Å². The van der Waals surface area contributed by atoms with E-state index in [1.807, 2.05) is 24.3 Å². The highest BCUT2D eigenvalue weighted by molar-refractivity contribution is 5.89. The number of nitrogens with zero attached hydrogens (tertiary/aromatic N) is 1. The zero-order chi connectivity index (χ0) is 18.9. The average molecular weight is 367 g/mol. The van der Waals surface area contributed by atoms with E-state index in [0.717, 1.165) is 55.5 Å². The predicted octanol–water partition coefficient (Wildman–Crippen LogP) is 2.65. The van der Waals surface area contributed by atoms with Gasteiger partial charge in [-0.25, -0.2) is 4.98 Å². The fraction of sp³-hybridized carbons (Fsp3) is 0.476. The molecule has 0 saturated heterocycles. The van der Waals surface area contributed by atoms with Gasteiger partial charge in [0.25, 0.3) is 5.56 Å². The Hall–Kier alpha value is -2.63. The van der Waals surface area contributed by atoms with Gasteiger partial charge >= 0.3 is 0 Å². The van der Waals surface area contributed by atoms with Crippen LogP contribution >= 0.6 is 0 Å². The van der Waals surface area contributed by atoms with Crippen molar-refractivity contribution in [2.45, 2.75) is 55.9 Å². The second-order valence-corrected chi connectivity index (χ2v) is 7.69. The fourth-order valence-corrected chi connectivity index (χ4v) is 4.44. The monoisotopic (exact) mass is 367 g/mol. The highest BCUT2D eigenvalue weighted by Crippen LogP contribution is 2.43. The highest BCUT2D eigenvalue weighted by Gasteiger charge is 2.44. The van der Waals surface area contributed by atoms with Crippen molar-refractivity contribution in [1.82, 2.24) is 15.3 Å². The summed E-state index contributed by atoms with van der Waals surface area (Å²) < 4.78 is 5.25. The average Bonchev–Trinajstić information content (AvgIpc) is 3.15. The molecule has 0 spiro atoms. The molecule has 1 aromatic heterocycles. The minimum Gasteiger partial charge on any atom is -0.497 e. The van der Waals surface area contributed by atoms with Gasteiger partial charge in [0.1, 0.15) is 5.75 Å². The van der Waals surface area contributed by atoms with Crippen LogP contribution in [-0.2, 0) is 10.2 Å². The van der Waals surface area contributed by atoms with Gasteiger partial charge in [-0.3, -0.25) is 9.59 Å². The maximum Gasteiger partial charge on any atom is 0.250 e. The number of hydrogen-bond donors (Lipinski definition) is 2. The van der Waals surface area contributed by atoms with E-state index < -0.39 is 5.41 Å². The van der Waals surface area contributed by atoms with Crippen LogP contribution < -0.4 is 15.6 Å². The number of methoxy groups -OCH3 is 1. The molecule has 2 aliphatic rings. The molecule has 27 heavy (non-hydrogen) atoms. The van der Waals surface area contributed by atoms with E-state index in [2.05, 4.69) is 15.3 Å². The molecule has 2 saturated carbocycles. The van der Waals surface area contributed by atoms with Crippen molar-refractivity contribution in [2.24, 2.45) is 0 Å². The normalized spacial score (nSPS) is 23.4. The zero-order valence-corrected chi connectivity index (χ0v) is 15.5. The van der Waals surface area contributed by atoms with E-state index in [9.17, 15) is 9.59 Å². The van der Waals surface area contributed by atoms with Crippen molar-refractivity contribution in [2.75, 3.05) is 7.11 Å². The van der Waals surface area contributed by atoms with Gasteiger partial charge in [0.05, 0.1) is 24.5 Å². The number of ether oxygens (including phenoxy) is 1. The number of H-pyrrole nitrogens is 1. The Morgan fingerprint density at radius 2 is 1.93 bits per heavy atom. The summed E-state index contributed by atoms with van der Waals surface area (Å²) in [5.41, 5.74) is 1.33. The van der Waals surface area contributed by atoms with Crippen LogP contribution in [0.3, 0.4) is 0 Å². The molecular formula is C21H25N3O3. The minimum absolute atomic E-state index is 0.128. The molecule has 0 radical (unpaired) electrons. The standard InChI is InChI=1S/C21H25N3O3/c1-27-17-6-4-15(5-7-17)21(8-2-3-9-21)20(26)24-16-10-14(11-16)18-12-19(25)23-13-22-18/h4-7,12-14,16H,2-3,8-11H2,1H3,(H,24,26)(H,22,23,25). The van der Waals surface area contributed by atoms with Crippen molar-refractivity contribution < 1.29 is 9.53 Å². The van der Waals surface area contributed by atoms with E-state index in [1.54, 1.807) is 13.2 Å². The summed E-state index contributed by atoms with van der Waals surface area (Å²) >= 11 is 0. The molecule has 1 aromatic carbocycles. The van der Waals surface area contributed by atoms with Crippen LogP contribution in [0.15, 0.2) is 41.5 Å². The van der Waals surface area contributed by atoms with E-state index in [4.69, 9.17) is 4.74 Å². The molecule has 0 aliphatic heterocycles. The maximum absolute atomic E-state index is 13.2. The fourth-order valence-electron chi connectivity index (χ4n) is 4.44. The molecule has 1 amide bonds. The number of amides is 1. The van der Waals surface area contributed by atoms with Crippen molar-refractivity contribution in [3.8, 4) is 5.75 Å². The van der Waals surface area contributed by atoms with Crippen LogP contribution in [0.25, 0.3) is 0 Å². The Bertz CT molecular complexity index is 863. The van der Waals surface area contributed by atoms with Crippen molar-refractivity contribution in [1.29, 1.82) is 0 Å². The lowest BCUT2D eigenvalue weighted by molar-refractivity contribution is -0.128. The Morgan fingerprint density at radius 1 is 1.22 bits per heavy atom. The summed E-state index contributed by atoms with van der Waals surface area (Å²) in [4.78, 5) is 31.4. The third-order valence-corrected chi connectivity index (χ3v) is 6.13. The SMILES string of the molecule is COc1ccc(C2(C(=O)NC3CC(c4cc(=O)[nH]cn4)C3)CCCC2)cc1. The molecule has 2 fully saturated rings. The highest BCUT2D eigenvalue weighted by atomic mass is 16.5. The summed E-state index contributed by atoms with van der Waals surface area (Å²) in [5.74, 6) is 1.19. The number of rotatable bonds is 5. The molecule has 2 aliphatic carbocycles. The molecule has 2 N–H and O–H groups in total. The first kappa shape index (κ1) is 17.8. The largest absolute Gasteiger partial charge is 0.497 e. The lowest BCUT2D eigenvalue weighted by Gasteiger charge is -2.38. The summed E-state index contributed by atoms with van der Waals surface area (Å²) in [5, 5.41) is 3.26. The summed E-state index contributed by atoms with van der Waals surface area (Å²) in [7, 11) is 1.65. The van der Waals surface area contributed by atoms with E-state index >= 15 is 0 Å². The van der Waals surface area contributed by atoms with Crippen LogP contribution in [0.5, 0.6) is 5.75 Å². The van der Waals surface area contributed by atoms with Gasteiger partial charge in [0, 0.05) is 18.0 Å². The van der Waals surface area contributed by atoms with Gasteiger partial charge in [-0.05, 0) is 43.4 Å². The first-order valence-corrected chi connectivity index (χ1v) is 9.61. The Morgan fingerprint density at radius 3 is 2.56 bits per heavy atom. The quantitative estimate of drug-likeness (QED) is 0.851. The van der Waals surface area contributed by atoms with Crippen LogP contribution in [-0.4, -0.2) is 29.0 Å². The van der Waals surface area contributed by atoms with Crippen molar-refractivity contribution in [3.05, 3.63) is 58.3 Å². The number of aromatic amines is 1. The molecule has 0 bridgehead atoms. The molecule has 0 atom stereocenters. The minimum atomic E-state index is -0.431. The Kier molecular flexibility index (Phi) is 4.72. The van der Waals surface area contributed by atoms with E-state index in [0.29, 0.717) is 0 Å². The number of carbonyl (C=O) groups excluding carboxylic acids is 1. The van der Waals surface area contributed by atoms with E-state index in [1.165, 1.54) is 6.33 Å². The smallest absolute Gasteiger partial charge is 0.250 e. The summed E-state index contributed by atoms with van der Waals surface area (Å²) in [6, 6.07) is 9.61. The van der Waals surface area contributed by atoms with Crippen molar-refractivity contribution in [3.63, 3.8) is 0 Å². The summed E-state index contributed by atoms with van der Waals surface area (Å²) in [6.45, 7) is 0. The van der Waals surface area contributed by atoms with Crippen molar-refractivity contribution >= 4 is 5.91 Å². The second kappa shape index (κ2) is 7.18. The van der Waals surface area contributed by atoms with Gasteiger partial charge in [-0.2, -0.15) is 0 Å². The van der Waals surface area contributed by atoms with E-state index in [-0.39, 0.29) is 23.4 Å². The molecule has 1 heterocycles. The maximum atomic E-state index is 13.2. The predicted molar refractivity (Wildman–Crippen MR) is 102 cm³/mol. The van der Waals surface area contributed by atoms with Gasteiger partial charge < -0.3 is 15.0 Å². The molecule has 4 rings (SSSR count). The molecule has 6 heteroatoms. The van der Waals surface area contributed by atoms with Gasteiger partial charge in [0.2, 0.25) is 5.91 Å². The zero-order valence-electron chi connectivity index (χ0n) is 15.5. The number of carbonyl (C=O) groups is 1. The molecule has 2 aromatic rings. The summed E-state index contributed by atoms with van der Waals surface area (Å²) in [6.07, 6.45) is 7.03. The van der Waals surface area contributed by atoms with Crippen LogP contribution in [0.4, 0.5) is 0 Å². The third-order valence-electron chi connectivity index (χ3n) is 6.13. The first-order chi connectivity index (χ1) is 13.1. The molecule has 6 nitrogen and oxygen atoms in total. The van der Waals surface area contributed by atoms with Gasteiger partial charge in [-0.15, -0.1) is 0 Å². The van der Waals surface area contributed by atoms with Gasteiger partial charge in [-0.1, -0.05) is 25.0 Å². The number of nitrogens with one attached hydrogen (secondary N) is 2. The molecular weight excluding hydrogens is 342 g/mol. The lowest BCUT2D eigenvalue weighted by atomic mass is 9.75. The van der Waals surface area contributed by atoms with Crippen LogP contribution in [0.2, 0.25) is 0 Å².